The fourth-order valence-corrected chi connectivity index (χ4v) is 1.77. The summed E-state index contributed by atoms with van der Waals surface area (Å²) in [5.41, 5.74) is 0. The Bertz CT molecular complexity index is 262. The predicted molar refractivity (Wildman–Crippen MR) is 49.7 cm³/mol. The highest BCUT2D eigenvalue weighted by Crippen LogP contribution is 2.25. The normalized spacial score (nSPS) is 18.8. The van der Waals surface area contributed by atoms with E-state index < -0.39 is 0 Å². The van der Waals surface area contributed by atoms with Crippen LogP contribution < -0.4 is 0 Å². The molecule has 0 N–H and O–H groups in total. The second-order valence-corrected chi connectivity index (χ2v) is 3.93. The van der Waals surface area contributed by atoms with Gasteiger partial charge in [0.05, 0.1) is 10.9 Å². The molecule has 0 atom stereocenters. The van der Waals surface area contributed by atoms with Gasteiger partial charge in [-0.3, -0.25) is 4.99 Å². The first-order chi connectivity index (χ1) is 5.36. The van der Waals surface area contributed by atoms with Gasteiger partial charge in [0, 0.05) is 0 Å². The predicted octanol–water partition coefficient (Wildman–Crippen LogP) is 2.90. The molecule has 0 aliphatic heterocycles. The molecule has 0 unspecified atom stereocenters. The Morgan fingerprint density at radius 2 is 2.45 bits per heavy atom. The molecule has 1 aromatic rings. The van der Waals surface area contributed by atoms with Gasteiger partial charge in [-0.15, -0.1) is 11.3 Å². The first-order valence-corrected chi connectivity index (χ1v) is 4.89. The van der Waals surface area contributed by atoms with Gasteiger partial charge in [-0.25, -0.2) is 0 Å². The molecule has 1 heterocycles. The Labute approximate surface area is 74.7 Å². The van der Waals surface area contributed by atoms with Gasteiger partial charge in [0.15, 0.2) is 0 Å². The van der Waals surface area contributed by atoms with Crippen molar-refractivity contribution < 1.29 is 0 Å². The maximum Gasteiger partial charge on any atom is 0.141 e. The van der Waals surface area contributed by atoms with Crippen LogP contribution in [0.3, 0.4) is 0 Å². The summed E-state index contributed by atoms with van der Waals surface area (Å²) in [7, 11) is 0. The van der Waals surface area contributed by atoms with Crippen LogP contribution in [0.15, 0.2) is 22.5 Å². The van der Waals surface area contributed by atoms with Crippen LogP contribution in [-0.2, 0) is 0 Å². The highest BCUT2D eigenvalue weighted by atomic mass is 35.5. The number of halogens is 1. The third-order valence-corrected chi connectivity index (χ3v) is 2.86. The summed E-state index contributed by atoms with van der Waals surface area (Å²) in [5, 5.41) is 2.70. The summed E-state index contributed by atoms with van der Waals surface area (Å²) in [5.74, 6) is 0. The monoisotopic (exact) mass is 185 g/mol. The van der Waals surface area contributed by atoms with E-state index in [9.17, 15) is 0 Å². The van der Waals surface area contributed by atoms with Crippen molar-refractivity contribution in [3.63, 3.8) is 0 Å². The van der Waals surface area contributed by atoms with Crippen LogP contribution in [0.2, 0.25) is 0 Å². The molecule has 11 heavy (non-hydrogen) atoms. The quantitative estimate of drug-likeness (QED) is 0.629. The number of rotatable bonds is 2. The van der Waals surface area contributed by atoms with E-state index >= 15 is 0 Å². The molecule has 1 aromatic heterocycles. The van der Waals surface area contributed by atoms with Crippen LogP contribution in [0.1, 0.15) is 17.7 Å². The molecule has 0 aromatic carbocycles. The van der Waals surface area contributed by atoms with Gasteiger partial charge in [-0.05, 0) is 24.3 Å². The Morgan fingerprint density at radius 1 is 1.64 bits per heavy atom. The van der Waals surface area contributed by atoms with Gasteiger partial charge in [0.1, 0.15) is 5.17 Å². The van der Waals surface area contributed by atoms with E-state index in [1.807, 2.05) is 17.5 Å². The summed E-state index contributed by atoms with van der Waals surface area (Å²) in [6, 6.07) is 4.51. The molecule has 3 heteroatoms. The van der Waals surface area contributed by atoms with Crippen molar-refractivity contribution in [2.75, 3.05) is 0 Å². The summed E-state index contributed by atoms with van der Waals surface area (Å²) in [6.45, 7) is 0. The topological polar surface area (TPSA) is 12.4 Å². The van der Waals surface area contributed by atoms with Gasteiger partial charge in [-0.1, -0.05) is 17.7 Å². The minimum atomic E-state index is 0.518. The minimum absolute atomic E-state index is 0.518. The molecule has 1 nitrogen and oxygen atoms in total. The molecule has 1 saturated carbocycles. The van der Waals surface area contributed by atoms with Crippen LogP contribution in [0, 0.1) is 0 Å². The van der Waals surface area contributed by atoms with Gasteiger partial charge in [0.25, 0.3) is 0 Å². The SMILES string of the molecule is ClC(=NC1CC1)c1cccs1. The van der Waals surface area contributed by atoms with E-state index in [4.69, 9.17) is 11.6 Å². The highest BCUT2D eigenvalue weighted by Gasteiger charge is 2.20. The lowest BCUT2D eigenvalue weighted by Gasteiger charge is -1.90. The smallest absolute Gasteiger partial charge is 0.141 e. The Morgan fingerprint density at radius 3 is 3.00 bits per heavy atom. The van der Waals surface area contributed by atoms with Gasteiger partial charge >= 0.3 is 0 Å². The van der Waals surface area contributed by atoms with Crippen molar-refractivity contribution in [2.45, 2.75) is 18.9 Å². The molecule has 0 spiro atoms. The molecule has 0 radical (unpaired) electrons. The lowest BCUT2D eigenvalue weighted by molar-refractivity contribution is 1.07. The van der Waals surface area contributed by atoms with Crippen LogP contribution >= 0.6 is 22.9 Å². The Kier molecular flexibility index (Phi) is 1.96. The third kappa shape index (κ3) is 1.82. The number of aliphatic imine (C=N–C) groups is 1. The zero-order valence-corrected chi connectivity index (χ0v) is 7.53. The first-order valence-electron chi connectivity index (χ1n) is 3.63. The molecular weight excluding hydrogens is 178 g/mol. The molecule has 58 valence electrons. The summed E-state index contributed by atoms with van der Waals surface area (Å²) in [4.78, 5) is 5.41. The van der Waals surface area contributed by atoms with Crippen LogP contribution in [-0.4, -0.2) is 11.2 Å². The number of thiophene rings is 1. The largest absolute Gasteiger partial charge is 0.269 e. The van der Waals surface area contributed by atoms with Crippen molar-refractivity contribution >= 4 is 28.1 Å². The summed E-state index contributed by atoms with van der Waals surface area (Å²) in [6.07, 6.45) is 2.42. The van der Waals surface area contributed by atoms with E-state index in [1.54, 1.807) is 11.3 Å². The summed E-state index contributed by atoms with van der Waals surface area (Å²) >= 11 is 7.58. The molecule has 0 bridgehead atoms. The lowest BCUT2D eigenvalue weighted by Crippen LogP contribution is -1.88. The molecule has 1 aliphatic rings. The standard InChI is InChI=1S/C8H8ClNS/c9-8(10-6-3-4-6)7-2-1-5-11-7/h1-2,5-6H,3-4H2. The minimum Gasteiger partial charge on any atom is -0.269 e. The van der Waals surface area contributed by atoms with Crippen molar-refractivity contribution in [3.05, 3.63) is 22.4 Å². The Hall–Kier alpha value is -0.340. The zero-order chi connectivity index (χ0) is 7.68. The number of hydrogen-bond acceptors (Lipinski definition) is 2. The van der Waals surface area contributed by atoms with Gasteiger partial charge in [-0.2, -0.15) is 0 Å². The van der Waals surface area contributed by atoms with Crippen molar-refractivity contribution in [3.8, 4) is 0 Å². The average Bonchev–Trinajstić information content (AvgIpc) is 2.67. The van der Waals surface area contributed by atoms with E-state index in [-0.39, 0.29) is 0 Å². The fraction of sp³-hybridized carbons (Fsp3) is 0.375. The van der Waals surface area contributed by atoms with Crippen molar-refractivity contribution in [1.82, 2.24) is 0 Å². The first kappa shape index (κ1) is 7.32. The van der Waals surface area contributed by atoms with E-state index in [0.29, 0.717) is 11.2 Å². The van der Waals surface area contributed by atoms with Gasteiger partial charge < -0.3 is 0 Å². The van der Waals surface area contributed by atoms with Crippen LogP contribution in [0.4, 0.5) is 0 Å². The second-order valence-electron chi connectivity index (χ2n) is 2.63. The molecule has 0 amide bonds. The average molecular weight is 186 g/mol. The lowest BCUT2D eigenvalue weighted by atomic mass is 10.5. The van der Waals surface area contributed by atoms with Crippen molar-refractivity contribution in [1.29, 1.82) is 0 Å². The summed E-state index contributed by atoms with van der Waals surface area (Å²) < 4.78 is 0. The maximum absolute atomic E-state index is 5.94. The molecule has 1 aliphatic carbocycles. The second kappa shape index (κ2) is 2.95. The van der Waals surface area contributed by atoms with Crippen LogP contribution in [0.25, 0.3) is 0 Å². The molecule has 0 saturated heterocycles. The highest BCUT2D eigenvalue weighted by molar-refractivity contribution is 7.14. The van der Waals surface area contributed by atoms with Gasteiger partial charge in [0.2, 0.25) is 0 Å². The number of hydrogen-bond donors (Lipinski definition) is 0. The fourth-order valence-electron chi connectivity index (χ4n) is 0.823. The molecule has 1 fully saturated rings. The third-order valence-electron chi connectivity index (χ3n) is 1.57. The molecule has 2 rings (SSSR count). The van der Waals surface area contributed by atoms with Crippen LogP contribution in [0.5, 0.6) is 0 Å². The van der Waals surface area contributed by atoms with E-state index in [1.165, 1.54) is 12.8 Å². The maximum atomic E-state index is 5.94. The Balaban J connectivity index is 2.15. The molecular formula is C8H8ClNS. The van der Waals surface area contributed by atoms with E-state index in [2.05, 4.69) is 4.99 Å². The zero-order valence-electron chi connectivity index (χ0n) is 5.96. The van der Waals surface area contributed by atoms with E-state index in [0.717, 1.165) is 4.88 Å². The number of nitrogens with zero attached hydrogens (tertiary/aromatic N) is 1. The van der Waals surface area contributed by atoms with Crippen molar-refractivity contribution in [2.24, 2.45) is 4.99 Å².